The maximum atomic E-state index is 15.3. The lowest BCUT2D eigenvalue weighted by atomic mass is 9.99. The fourth-order valence-corrected chi connectivity index (χ4v) is 6.21. The molecule has 6 aromatic rings. The van der Waals surface area contributed by atoms with Gasteiger partial charge in [0.25, 0.3) is 11.8 Å². The highest BCUT2D eigenvalue weighted by Crippen LogP contribution is 2.35. The predicted octanol–water partition coefficient (Wildman–Crippen LogP) is 9.42. The van der Waals surface area contributed by atoms with Gasteiger partial charge in [0.1, 0.15) is 17.2 Å². The van der Waals surface area contributed by atoms with Gasteiger partial charge in [0.15, 0.2) is 11.4 Å². The van der Waals surface area contributed by atoms with Crippen LogP contribution in [0.5, 0.6) is 0 Å². The Morgan fingerprint density at radius 2 is 1.33 bits per heavy atom. The number of rotatable bonds is 10. The Balaban J connectivity index is 1.26. The topological polar surface area (TPSA) is 120 Å². The lowest BCUT2D eigenvalue weighted by Gasteiger charge is -2.17. The first-order valence-electron chi connectivity index (χ1n) is 16.8. The number of nitrogens with zero attached hydrogens (tertiary/aromatic N) is 4. The van der Waals surface area contributed by atoms with E-state index in [4.69, 9.17) is 23.2 Å². The van der Waals surface area contributed by atoms with Crippen molar-refractivity contribution in [3.05, 3.63) is 152 Å². The van der Waals surface area contributed by atoms with E-state index >= 15 is 4.39 Å². The van der Waals surface area contributed by atoms with Crippen molar-refractivity contribution in [1.29, 1.82) is 0 Å². The number of ether oxygens (including phenoxy) is 1. The Hall–Kier alpha value is -6.20. The summed E-state index contributed by atoms with van der Waals surface area (Å²) in [6, 6.07) is 19.6. The number of para-hydroxylation sites is 1. The number of nitrogens with one attached hydrogen (secondary N) is 2. The number of halogens is 9. The molecule has 0 saturated heterocycles. The molecule has 4 aromatic carbocycles. The fraction of sp³-hybridized carbons (Fsp3) is 0.154. The van der Waals surface area contributed by atoms with Crippen LogP contribution >= 0.6 is 23.2 Å². The molecule has 0 bridgehead atoms. The van der Waals surface area contributed by atoms with E-state index in [0.717, 1.165) is 10.7 Å². The average molecular weight is 848 g/mol. The van der Waals surface area contributed by atoms with Crippen LogP contribution in [0.15, 0.2) is 97.1 Å². The maximum absolute atomic E-state index is 15.3. The van der Waals surface area contributed by atoms with Gasteiger partial charge in [-0.2, -0.15) is 36.5 Å². The van der Waals surface area contributed by atoms with Crippen molar-refractivity contribution < 1.29 is 49.9 Å². The number of benzene rings is 4. The molecule has 2 amide bonds. The molecular formula is C39H27Cl2F7N6O4. The monoisotopic (exact) mass is 846 g/mol. The standard InChI is InChI=1S/C39H27Cl2F7N6O4/c1-20(50-36(56)32-18-34(39(46,47)48)51-53(32)29-6-4-3-5-26(29)40)23-11-13-28(42)25(15-23)24-12-14-30(27(41)16-24)54-31(17-33(52-54)38(43,44)45)35(55)49-19-21-7-9-22(10-8-21)37(57)58-2/h3-18,20H,19H2,1-2H3,(H,49,55)(H,50,56). The van der Waals surface area contributed by atoms with E-state index in [1.807, 2.05) is 0 Å². The van der Waals surface area contributed by atoms with Crippen molar-refractivity contribution in [1.82, 2.24) is 30.2 Å². The van der Waals surface area contributed by atoms with Gasteiger partial charge in [-0.25, -0.2) is 18.5 Å². The third-order valence-electron chi connectivity index (χ3n) is 8.70. The summed E-state index contributed by atoms with van der Waals surface area (Å²) in [6.07, 6.45) is -9.83. The summed E-state index contributed by atoms with van der Waals surface area (Å²) in [4.78, 5) is 38.4. The Bertz CT molecular complexity index is 2540. The Morgan fingerprint density at radius 1 is 0.741 bits per heavy atom. The Labute approximate surface area is 334 Å². The molecule has 0 aliphatic rings. The van der Waals surface area contributed by atoms with Crippen molar-refractivity contribution in [3.63, 3.8) is 0 Å². The Morgan fingerprint density at radius 3 is 1.90 bits per heavy atom. The van der Waals surface area contributed by atoms with Crippen LogP contribution in [0.25, 0.3) is 22.5 Å². The van der Waals surface area contributed by atoms with E-state index in [2.05, 4.69) is 25.6 Å². The molecule has 1 unspecified atom stereocenters. The quantitative estimate of drug-likeness (QED) is 0.105. The third-order valence-corrected chi connectivity index (χ3v) is 9.32. The van der Waals surface area contributed by atoms with Gasteiger partial charge in [0, 0.05) is 24.2 Å². The van der Waals surface area contributed by atoms with Crippen LogP contribution in [0.1, 0.15) is 66.8 Å². The summed E-state index contributed by atoms with van der Waals surface area (Å²) in [6.45, 7) is 1.37. The molecule has 0 saturated carbocycles. The van der Waals surface area contributed by atoms with Gasteiger partial charge < -0.3 is 15.4 Å². The van der Waals surface area contributed by atoms with Crippen molar-refractivity contribution in [2.45, 2.75) is 31.9 Å². The van der Waals surface area contributed by atoms with E-state index in [1.54, 1.807) is 6.07 Å². The minimum atomic E-state index is -4.94. The van der Waals surface area contributed by atoms with E-state index in [0.29, 0.717) is 27.9 Å². The highest BCUT2D eigenvalue weighted by molar-refractivity contribution is 6.33. The van der Waals surface area contributed by atoms with Crippen LogP contribution in [0, 0.1) is 5.82 Å². The number of hydrogen-bond acceptors (Lipinski definition) is 6. The first-order chi connectivity index (χ1) is 27.3. The number of carbonyl (C=O) groups is 3. The number of carbonyl (C=O) groups excluding carboxylic acids is 3. The maximum Gasteiger partial charge on any atom is 0.435 e. The number of esters is 1. The molecule has 2 N–H and O–H groups in total. The summed E-state index contributed by atoms with van der Waals surface area (Å²) in [5, 5.41) is 12.1. The molecule has 10 nitrogen and oxygen atoms in total. The number of amides is 2. The summed E-state index contributed by atoms with van der Waals surface area (Å²) in [5.41, 5.74) is -2.71. The lowest BCUT2D eigenvalue weighted by Crippen LogP contribution is -2.28. The minimum Gasteiger partial charge on any atom is -0.465 e. The van der Waals surface area contributed by atoms with Crippen LogP contribution in [-0.4, -0.2) is 44.5 Å². The lowest BCUT2D eigenvalue weighted by molar-refractivity contribution is -0.142. The summed E-state index contributed by atoms with van der Waals surface area (Å²) in [5.74, 6) is -3.24. The van der Waals surface area contributed by atoms with Crippen molar-refractivity contribution in [2.75, 3.05) is 7.11 Å². The smallest absolute Gasteiger partial charge is 0.435 e. The molecule has 0 fully saturated rings. The zero-order valence-corrected chi connectivity index (χ0v) is 31.4. The van der Waals surface area contributed by atoms with E-state index in [-0.39, 0.29) is 44.7 Å². The number of aromatic nitrogens is 4. The van der Waals surface area contributed by atoms with Gasteiger partial charge in [-0.3, -0.25) is 9.59 Å². The second kappa shape index (κ2) is 16.3. The van der Waals surface area contributed by atoms with Gasteiger partial charge in [-0.1, -0.05) is 59.6 Å². The van der Waals surface area contributed by atoms with Crippen LogP contribution in [0.3, 0.4) is 0 Å². The second-order valence-corrected chi connectivity index (χ2v) is 13.4. The molecule has 0 aliphatic carbocycles. The fourth-order valence-electron chi connectivity index (χ4n) is 5.74. The van der Waals surface area contributed by atoms with Crippen LogP contribution in [0.4, 0.5) is 30.7 Å². The number of alkyl halides is 6. The predicted molar refractivity (Wildman–Crippen MR) is 197 cm³/mol. The van der Waals surface area contributed by atoms with Crippen LogP contribution in [0.2, 0.25) is 10.0 Å². The minimum absolute atomic E-state index is 0.0169. The zero-order chi connectivity index (χ0) is 42.1. The molecule has 19 heteroatoms. The van der Waals surface area contributed by atoms with E-state index < -0.39 is 64.8 Å². The van der Waals surface area contributed by atoms with E-state index in [9.17, 15) is 40.7 Å². The molecule has 1 atom stereocenters. The average Bonchev–Trinajstić information content (AvgIpc) is 3.84. The van der Waals surface area contributed by atoms with Gasteiger partial charge >= 0.3 is 18.3 Å². The molecule has 58 heavy (non-hydrogen) atoms. The third kappa shape index (κ3) is 8.84. The normalized spacial score (nSPS) is 12.3. The van der Waals surface area contributed by atoms with Crippen LogP contribution in [-0.2, 0) is 23.6 Å². The molecule has 6 rings (SSSR count). The Kier molecular flexibility index (Phi) is 11.7. The first-order valence-corrected chi connectivity index (χ1v) is 17.6. The van der Waals surface area contributed by atoms with Crippen molar-refractivity contribution in [2.24, 2.45) is 0 Å². The first kappa shape index (κ1) is 41.4. The van der Waals surface area contributed by atoms with Gasteiger partial charge in [0.2, 0.25) is 0 Å². The largest absolute Gasteiger partial charge is 0.465 e. The molecule has 2 aromatic heterocycles. The molecule has 0 aliphatic heterocycles. The second-order valence-electron chi connectivity index (χ2n) is 12.6. The molecule has 0 spiro atoms. The van der Waals surface area contributed by atoms with Gasteiger partial charge in [-0.15, -0.1) is 0 Å². The summed E-state index contributed by atoms with van der Waals surface area (Å²) < 4.78 is 104. The summed E-state index contributed by atoms with van der Waals surface area (Å²) in [7, 11) is 1.21. The molecule has 300 valence electrons. The number of methoxy groups -OCH3 is 1. The molecule has 2 heterocycles. The highest BCUT2D eigenvalue weighted by Gasteiger charge is 2.38. The van der Waals surface area contributed by atoms with Crippen LogP contribution < -0.4 is 10.6 Å². The van der Waals surface area contributed by atoms with Crippen molar-refractivity contribution >= 4 is 41.0 Å². The van der Waals surface area contributed by atoms with E-state index in [1.165, 1.54) is 86.8 Å². The number of hydrogen-bond donors (Lipinski definition) is 2. The van der Waals surface area contributed by atoms with Gasteiger partial charge in [0.05, 0.1) is 40.1 Å². The zero-order valence-electron chi connectivity index (χ0n) is 29.8. The highest BCUT2D eigenvalue weighted by atomic mass is 35.5. The molecule has 0 radical (unpaired) electrons. The van der Waals surface area contributed by atoms with Crippen molar-refractivity contribution in [3.8, 4) is 22.5 Å². The van der Waals surface area contributed by atoms with Gasteiger partial charge in [-0.05, 0) is 72.1 Å². The molecular weight excluding hydrogens is 820 g/mol. The SMILES string of the molecule is COC(=O)c1ccc(CNC(=O)c2cc(C(F)(F)F)nn2-c2ccc(-c3cc(C(C)NC(=O)c4cc(C(F)(F)F)nn4-c4ccccc4Cl)ccc3F)cc2Cl)cc1. The summed E-state index contributed by atoms with van der Waals surface area (Å²) >= 11 is 12.8.